The Bertz CT molecular complexity index is 330. The summed E-state index contributed by atoms with van der Waals surface area (Å²) in [6, 6.07) is 0. The highest BCUT2D eigenvalue weighted by atomic mass is 16.2. The summed E-state index contributed by atoms with van der Waals surface area (Å²) in [4.78, 5) is 12.7. The Morgan fingerprint density at radius 2 is 2.42 bits per heavy atom. The Labute approximate surface area is 69.5 Å². The van der Waals surface area contributed by atoms with Crippen LogP contribution >= 0.6 is 0 Å². The van der Waals surface area contributed by atoms with Gasteiger partial charge in [-0.1, -0.05) is 0 Å². The van der Waals surface area contributed by atoms with Gasteiger partial charge in [-0.2, -0.15) is 5.10 Å². The molecule has 0 bridgehead atoms. The van der Waals surface area contributed by atoms with Crippen LogP contribution in [-0.4, -0.2) is 21.0 Å². The van der Waals surface area contributed by atoms with Crippen molar-refractivity contribution < 1.29 is 4.79 Å². The number of rotatable bonds is 0. The minimum atomic E-state index is 0.0624. The Kier molecular flexibility index (Phi) is 1.33. The summed E-state index contributed by atoms with van der Waals surface area (Å²) in [7, 11) is 0. The average molecular weight is 166 g/mol. The van der Waals surface area contributed by atoms with Crippen molar-refractivity contribution in [3.05, 3.63) is 11.3 Å². The zero-order chi connectivity index (χ0) is 8.72. The summed E-state index contributed by atoms with van der Waals surface area (Å²) in [6.45, 7) is 2.72. The maximum Gasteiger partial charge on any atom is 0.220 e. The minimum absolute atomic E-state index is 0.0624. The fourth-order valence-corrected chi connectivity index (χ4v) is 1.38. The molecule has 0 fully saturated rings. The molecule has 64 valence electrons. The summed E-state index contributed by atoms with van der Waals surface area (Å²) in [5, 5.41) is 6.67. The molecule has 1 aliphatic rings. The third kappa shape index (κ3) is 0.861. The predicted octanol–water partition coefficient (Wildman–Crippen LogP) is -0.146. The first-order valence-electron chi connectivity index (χ1n) is 3.75. The lowest BCUT2D eigenvalue weighted by atomic mass is 10.3. The van der Waals surface area contributed by atoms with Crippen molar-refractivity contribution in [1.82, 2.24) is 15.1 Å². The van der Waals surface area contributed by atoms with Crippen LogP contribution < -0.4 is 5.73 Å². The summed E-state index contributed by atoms with van der Waals surface area (Å²) < 4.78 is 0. The predicted molar refractivity (Wildman–Crippen MR) is 42.9 cm³/mol. The molecule has 0 aromatic carbocycles. The third-order valence-electron chi connectivity index (χ3n) is 2.12. The van der Waals surface area contributed by atoms with Crippen LogP contribution in [0.25, 0.3) is 0 Å². The maximum absolute atomic E-state index is 11.0. The van der Waals surface area contributed by atoms with Gasteiger partial charge in [0.1, 0.15) is 5.82 Å². The Hall–Kier alpha value is -1.52. The monoisotopic (exact) mass is 166 g/mol. The van der Waals surface area contributed by atoms with Crippen LogP contribution in [0.3, 0.4) is 0 Å². The zero-order valence-corrected chi connectivity index (χ0v) is 6.79. The van der Waals surface area contributed by atoms with Crippen molar-refractivity contribution in [1.29, 1.82) is 0 Å². The van der Waals surface area contributed by atoms with Crippen LogP contribution in [0.4, 0.5) is 5.82 Å². The highest BCUT2D eigenvalue weighted by molar-refractivity contribution is 5.74. The topological polar surface area (TPSA) is 75.0 Å². The molecule has 2 rings (SSSR count). The van der Waals surface area contributed by atoms with E-state index >= 15 is 0 Å². The number of amides is 1. The average Bonchev–Trinajstić information content (AvgIpc) is 2.53. The lowest BCUT2D eigenvalue weighted by Gasteiger charge is -2.11. The van der Waals surface area contributed by atoms with Crippen molar-refractivity contribution in [2.45, 2.75) is 20.0 Å². The van der Waals surface area contributed by atoms with E-state index in [4.69, 9.17) is 5.73 Å². The molecule has 0 radical (unpaired) electrons. The number of nitrogens with zero attached hydrogens (tertiary/aromatic N) is 2. The molecule has 0 aliphatic carbocycles. The molecule has 0 saturated carbocycles. The molecular weight excluding hydrogens is 156 g/mol. The molecule has 1 aromatic heterocycles. The van der Waals surface area contributed by atoms with Crippen molar-refractivity contribution in [3.8, 4) is 0 Å². The molecule has 5 heteroatoms. The first kappa shape index (κ1) is 7.15. The highest BCUT2D eigenvalue weighted by Gasteiger charge is 2.25. The second-order valence-corrected chi connectivity index (χ2v) is 2.94. The molecular formula is C7H10N4O. The first-order chi connectivity index (χ1) is 5.68. The van der Waals surface area contributed by atoms with Gasteiger partial charge in [0.05, 0.1) is 18.8 Å². The number of H-pyrrole nitrogens is 1. The first-order valence-corrected chi connectivity index (χ1v) is 3.75. The smallest absolute Gasteiger partial charge is 0.220 e. The number of carbonyl (C=O) groups excluding carboxylic acids is 1. The van der Waals surface area contributed by atoms with Gasteiger partial charge >= 0.3 is 0 Å². The fraction of sp³-hybridized carbons (Fsp3) is 0.429. The van der Waals surface area contributed by atoms with Gasteiger partial charge in [0.15, 0.2) is 0 Å². The molecule has 0 spiro atoms. The van der Waals surface area contributed by atoms with Crippen LogP contribution in [0.5, 0.6) is 0 Å². The minimum Gasteiger partial charge on any atom is -0.384 e. The van der Waals surface area contributed by atoms with Crippen LogP contribution in [0.15, 0.2) is 0 Å². The standard InChI is InChI=1S/C7H10N4O/c1-4(12)11-2-5-6(3-11)9-10-7(5)8/h2-3H2,1H3,(H3,8,9,10). The molecule has 0 atom stereocenters. The van der Waals surface area contributed by atoms with E-state index in [2.05, 4.69) is 10.2 Å². The molecule has 0 unspecified atom stereocenters. The van der Waals surface area contributed by atoms with E-state index in [-0.39, 0.29) is 5.91 Å². The van der Waals surface area contributed by atoms with Gasteiger partial charge in [-0.25, -0.2) is 0 Å². The summed E-state index contributed by atoms with van der Waals surface area (Å²) in [5.74, 6) is 0.640. The summed E-state index contributed by atoms with van der Waals surface area (Å²) in [6.07, 6.45) is 0. The summed E-state index contributed by atoms with van der Waals surface area (Å²) in [5.41, 5.74) is 7.45. The van der Waals surface area contributed by atoms with E-state index in [0.29, 0.717) is 18.9 Å². The van der Waals surface area contributed by atoms with Crippen LogP contribution in [0.1, 0.15) is 18.2 Å². The molecule has 0 saturated heterocycles. The van der Waals surface area contributed by atoms with Gasteiger partial charge in [0.2, 0.25) is 5.91 Å². The molecule has 5 nitrogen and oxygen atoms in total. The second-order valence-electron chi connectivity index (χ2n) is 2.94. The van der Waals surface area contributed by atoms with Crippen LogP contribution in [0.2, 0.25) is 0 Å². The van der Waals surface area contributed by atoms with Crippen molar-refractivity contribution in [2.75, 3.05) is 5.73 Å². The van der Waals surface area contributed by atoms with Gasteiger partial charge in [0.25, 0.3) is 0 Å². The molecule has 1 aromatic rings. The van der Waals surface area contributed by atoms with Crippen molar-refractivity contribution >= 4 is 11.7 Å². The Morgan fingerprint density at radius 1 is 1.67 bits per heavy atom. The number of fused-ring (bicyclic) bond motifs is 1. The molecule has 2 heterocycles. The third-order valence-corrected chi connectivity index (χ3v) is 2.12. The molecule has 3 N–H and O–H groups in total. The zero-order valence-electron chi connectivity index (χ0n) is 6.79. The quantitative estimate of drug-likeness (QED) is 0.563. The lowest BCUT2D eigenvalue weighted by molar-refractivity contribution is -0.129. The lowest BCUT2D eigenvalue weighted by Crippen LogP contribution is -2.22. The van der Waals surface area contributed by atoms with Crippen molar-refractivity contribution in [2.24, 2.45) is 0 Å². The number of hydrogen-bond acceptors (Lipinski definition) is 3. The largest absolute Gasteiger partial charge is 0.384 e. The number of hydrogen-bond donors (Lipinski definition) is 2. The van der Waals surface area contributed by atoms with E-state index in [0.717, 1.165) is 11.3 Å². The van der Waals surface area contributed by atoms with Crippen LogP contribution in [0, 0.1) is 0 Å². The molecule has 12 heavy (non-hydrogen) atoms. The van der Waals surface area contributed by atoms with Gasteiger partial charge < -0.3 is 10.6 Å². The Balaban J connectivity index is 2.28. The number of carbonyl (C=O) groups is 1. The van der Waals surface area contributed by atoms with E-state index in [9.17, 15) is 4.79 Å². The van der Waals surface area contributed by atoms with Gasteiger partial charge in [-0.15, -0.1) is 0 Å². The number of nitrogens with two attached hydrogens (primary N) is 1. The van der Waals surface area contributed by atoms with E-state index in [1.165, 1.54) is 0 Å². The number of nitrogens with one attached hydrogen (secondary N) is 1. The SMILES string of the molecule is CC(=O)N1Cc2n[nH]c(N)c2C1. The van der Waals surface area contributed by atoms with Gasteiger partial charge in [-0.05, 0) is 0 Å². The van der Waals surface area contributed by atoms with E-state index in [1.807, 2.05) is 0 Å². The normalized spacial score (nSPS) is 14.9. The number of aromatic nitrogens is 2. The molecule has 1 aliphatic heterocycles. The van der Waals surface area contributed by atoms with Gasteiger partial charge in [0, 0.05) is 12.5 Å². The highest BCUT2D eigenvalue weighted by Crippen LogP contribution is 2.24. The van der Waals surface area contributed by atoms with Crippen LogP contribution in [-0.2, 0) is 17.9 Å². The van der Waals surface area contributed by atoms with Gasteiger partial charge in [-0.3, -0.25) is 9.89 Å². The summed E-state index contributed by atoms with van der Waals surface area (Å²) >= 11 is 0. The second kappa shape index (κ2) is 2.23. The van der Waals surface area contributed by atoms with Crippen molar-refractivity contribution in [3.63, 3.8) is 0 Å². The number of anilines is 1. The number of nitrogen functional groups attached to an aromatic ring is 1. The van der Waals surface area contributed by atoms with E-state index < -0.39 is 0 Å². The number of aromatic amines is 1. The van der Waals surface area contributed by atoms with E-state index in [1.54, 1.807) is 11.8 Å². The molecule has 1 amide bonds. The Morgan fingerprint density at radius 3 is 3.00 bits per heavy atom. The maximum atomic E-state index is 11.0. The fourth-order valence-electron chi connectivity index (χ4n) is 1.38.